The summed E-state index contributed by atoms with van der Waals surface area (Å²) in [6.45, 7) is 5.70. The van der Waals surface area contributed by atoms with Crippen molar-refractivity contribution in [3.8, 4) is 0 Å². The second kappa shape index (κ2) is 4.98. The van der Waals surface area contributed by atoms with E-state index < -0.39 is 0 Å². The molecule has 8 heavy (non-hydrogen) atoms. The predicted octanol–water partition coefficient (Wildman–Crippen LogP) is 2.73. The lowest BCUT2D eigenvalue weighted by Crippen LogP contribution is -1.88. The first-order chi connectivity index (χ1) is 3.81. The molecule has 0 aliphatic carbocycles. The molecule has 1 heteroatoms. The van der Waals surface area contributed by atoms with Crippen LogP contribution in [0.4, 0.5) is 0 Å². The molecule has 0 atom stereocenters. The maximum absolute atomic E-state index is 4.97. The maximum atomic E-state index is 4.97. The van der Waals surface area contributed by atoms with Crippen molar-refractivity contribution in [1.82, 2.24) is 0 Å². The summed E-state index contributed by atoms with van der Waals surface area (Å²) in [6.07, 6.45) is 5.01. The zero-order valence-electron chi connectivity index (χ0n) is 5.31. The van der Waals surface area contributed by atoms with E-state index in [0.29, 0.717) is 0 Å². The molecule has 46 valence electrons. The Balaban J connectivity index is 3.11. The fourth-order valence-corrected chi connectivity index (χ4v) is 0.558. The van der Waals surface area contributed by atoms with Crippen molar-refractivity contribution in [2.24, 2.45) is 0 Å². The molecule has 0 aromatic heterocycles. The number of allylic oxidation sites excluding steroid dienone is 1. The molecular weight excluding hydrogens is 116 g/mol. The van der Waals surface area contributed by atoms with Gasteiger partial charge in [-0.3, -0.25) is 0 Å². The summed E-state index contributed by atoms with van der Waals surface area (Å²) in [5.74, 6) is 0. The van der Waals surface area contributed by atoms with Gasteiger partial charge in [0.15, 0.2) is 0 Å². The van der Waals surface area contributed by atoms with E-state index in [4.69, 9.17) is 12.2 Å². The molecule has 0 fully saturated rings. The van der Waals surface area contributed by atoms with Crippen molar-refractivity contribution >= 4 is 17.1 Å². The number of hydrogen-bond donors (Lipinski definition) is 0. The van der Waals surface area contributed by atoms with Gasteiger partial charge < -0.3 is 0 Å². The van der Waals surface area contributed by atoms with E-state index in [1.807, 2.05) is 6.08 Å². The van der Waals surface area contributed by atoms with Crippen LogP contribution < -0.4 is 0 Å². The van der Waals surface area contributed by atoms with E-state index in [1.54, 1.807) is 0 Å². The molecule has 0 nitrogen and oxygen atoms in total. The van der Waals surface area contributed by atoms with Gasteiger partial charge in [0.25, 0.3) is 0 Å². The number of thiocarbonyl (C=S) groups is 1. The predicted molar refractivity (Wildman–Crippen MR) is 42.3 cm³/mol. The molecule has 0 spiro atoms. The lowest BCUT2D eigenvalue weighted by molar-refractivity contribution is 1.08. The summed E-state index contributed by atoms with van der Waals surface area (Å²) in [5.41, 5.74) is 0. The highest BCUT2D eigenvalue weighted by Crippen LogP contribution is 1.96. The summed E-state index contributed by atoms with van der Waals surface area (Å²) in [4.78, 5) is 1.16. The van der Waals surface area contributed by atoms with E-state index >= 15 is 0 Å². The molecule has 0 heterocycles. The zero-order valence-corrected chi connectivity index (χ0v) is 6.13. The van der Waals surface area contributed by atoms with E-state index in [2.05, 4.69) is 13.5 Å². The molecule has 0 aliphatic heterocycles. The van der Waals surface area contributed by atoms with Crippen molar-refractivity contribution in [2.45, 2.75) is 26.2 Å². The molecule has 0 aliphatic rings. The van der Waals surface area contributed by atoms with Gasteiger partial charge in [-0.25, -0.2) is 0 Å². The van der Waals surface area contributed by atoms with Gasteiger partial charge in [0.2, 0.25) is 0 Å². The van der Waals surface area contributed by atoms with Crippen LogP contribution >= 0.6 is 12.2 Å². The maximum Gasteiger partial charge on any atom is -0.00712 e. The van der Waals surface area contributed by atoms with Gasteiger partial charge in [-0.15, -0.1) is 6.58 Å². The van der Waals surface area contributed by atoms with Crippen LogP contribution in [-0.2, 0) is 0 Å². The first-order valence-electron chi connectivity index (χ1n) is 2.93. The average molecular weight is 128 g/mol. The van der Waals surface area contributed by atoms with Crippen LogP contribution in [0, 0.1) is 0 Å². The summed E-state index contributed by atoms with van der Waals surface area (Å²) in [6, 6.07) is 0. The monoisotopic (exact) mass is 128 g/mol. The Labute approximate surface area is 56.6 Å². The highest BCUT2D eigenvalue weighted by Gasteiger charge is 1.87. The topological polar surface area (TPSA) is 0 Å². The minimum Gasteiger partial charge on any atom is -0.103 e. The summed E-state index contributed by atoms with van der Waals surface area (Å²) >= 11 is 4.97. The van der Waals surface area contributed by atoms with Gasteiger partial charge in [0, 0.05) is 0 Å². The first-order valence-corrected chi connectivity index (χ1v) is 3.34. The molecule has 0 radical (unpaired) electrons. The van der Waals surface area contributed by atoms with Crippen LogP contribution in [0.15, 0.2) is 12.7 Å². The van der Waals surface area contributed by atoms with E-state index in [1.165, 1.54) is 0 Å². The lowest BCUT2D eigenvalue weighted by atomic mass is 10.2. The van der Waals surface area contributed by atoms with Gasteiger partial charge >= 0.3 is 0 Å². The van der Waals surface area contributed by atoms with Gasteiger partial charge in [-0.05, 0) is 24.1 Å². The van der Waals surface area contributed by atoms with Crippen molar-refractivity contribution in [3.05, 3.63) is 12.7 Å². The van der Waals surface area contributed by atoms with Crippen LogP contribution in [0.25, 0.3) is 0 Å². The van der Waals surface area contributed by atoms with Gasteiger partial charge in [0.05, 0.1) is 0 Å². The summed E-state index contributed by atoms with van der Waals surface area (Å²) < 4.78 is 0. The normalized spacial score (nSPS) is 8.62. The summed E-state index contributed by atoms with van der Waals surface area (Å²) in [7, 11) is 0. The van der Waals surface area contributed by atoms with E-state index in [0.717, 1.165) is 24.1 Å². The van der Waals surface area contributed by atoms with Crippen molar-refractivity contribution < 1.29 is 0 Å². The zero-order chi connectivity index (χ0) is 6.41. The molecule has 0 aromatic rings. The smallest absolute Gasteiger partial charge is 0.00712 e. The number of hydrogen-bond acceptors (Lipinski definition) is 1. The van der Waals surface area contributed by atoms with Crippen molar-refractivity contribution in [1.29, 1.82) is 0 Å². The molecule has 0 amide bonds. The average Bonchev–Trinajstić information content (AvgIpc) is 1.83. The van der Waals surface area contributed by atoms with Gasteiger partial charge in [-0.1, -0.05) is 25.2 Å². The second-order valence-electron chi connectivity index (χ2n) is 1.72. The molecule has 0 unspecified atom stereocenters. The van der Waals surface area contributed by atoms with E-state index in [9.17, 15) is 0 Å². The lowest BCUT2D eigenvalue weighted by Gasteiger charge is -1.92. The first kappa shape index (κ1) is 7.83. The SMILES string of the molecule is C=CCCC(=S)CC. The van der Waals surface area contributed by atoms with Crippen LogP contribution in [0.2, 0.25) is 0 Å². The quantitative estimate of drug-likeness (QED) is 0.414. The Morgan fingerprint density at radius 3 is 2.75 bits per heavy atom. The minimum absolute atomic E-state index is 1.03. The van der Waals surface area contributed by atoms with Gasteiger partial charge in [0.1, 0.15) is 0 Å². The molecule has 0 bridgehead atoms. The third-order valence-corrected chi connectivity index (χ3v) is 1.51. The Kier molecular flexibility index (Phi) is 4.87. The number of rotatable bonds is 4. The molecule has 0 rings (SSSR count). The minimum atomic E-state index is 1.03. The van der Waals surface area contributed by atoms with Crippen molar-refractivity contribution in [2.75, 3.05) is 0 Å². The Morgan fingerprint density at radius 2 is 2.38 bits per heavy atom. The highest BCUT2D eigenvalue weighted by atomic mass is 32.1. The Morgan fingerprint density at radius 1 is 1.75 bits per heavy atom. The van der Waals surface area contributed by atoms with E-state index in [-0.39, 0.29) is 0 Å². The standard InChI is InChI=1S/C7H12S/c1-3-5-6-7(8)4-2/h3H,1,4-6H2,2H3. The summed E-state index contributed by atoms with van der Waals surface area (Å²) in [5, 5.41) is 0. The fraction of sp³-hybridized carbons (Fsp3) is 0.571. The third-order valence-electron chi connectivity index (χ3n) is 1.02. The van der Waals surface area contributed by atoms with Crippen LogP contribution in [0.3, 0.4) is 0 Å². The second-order valence-corrected chi connectivity index (χ2v) is 2.30. The molecule has 0 aromatic carbocycles. The molecule has 0 N–H and O–H groups in total. The molecule has 0 saturated heterocycles. The fourth-order valence-electron chi connectivity index (χ4n) is 0.440. The van der Waals surface area contributed by atoms with Crippen LogP contribution in [0.1, 0.15) is 26.2 Å². The van der Waals surface area contributed by atoms with Gasteiger partial charge in [-0.2, -0.15) is 0 Å². The largest absolute Gasteiger partial charge is 0.103 e. The third kappa shape index (κ3) is 4.00. The molecule has 0 saturated carbocycles. The highest BCUT2D eigenvalue weighted by molar-refractivity contribution is 7.80. The Bertz CT molecular complexity index is 84.4. The Hall–Kier alpha value is -0.170. The molecular formula is C7H12S. The van der Waals surface area contributed by atoms with Crippen LogP contribution in [0.5, 0.6) is 0 Å². The van der Waals surface area contributed by atoms with Crippen LogP contribution in [-0.4, -0.2) is 4.86 Å². The van der Waals surface area contributed by atoms with Crippen molar-refractivity contribution in [3.63, 3.8) is 0 Å².